The van der Waals surface area contributed by atoms with Crippen LogP contribution in [-0.2, 0) is 10.4 Å². The van der Waals surface area contributed by atoms with E-state index in [-0.39, 0.29) is 29.2 Å². The zero-order chi connectivity index (χ0) is 24.8. The van der Waals surface area contributed by atoms with Gasteiger partial charge in [0.25, 0.3) is 0 Å². The summed E-state index contributed by atoms with van der Waals surface area (Å²) in [7, 11) is 0. The Morgan fingerprint density at radius 3 is 2.15 bits per heavy atom. The zero-order valence-corrected chi connectivity index (χ0v) is 20.8. The topological polar surface area (TPSA) is 43.8 Å². The van der Waals surface area contributed by atoms with Gasteiger partial charge < -0.3 is 10.0 Å². The van der Waals surface area contributed by atoms with Crippen molar-refractivity contribution in [2.45, 2.75) is 51.7 Å². The third-order valence-corrected chi connectivity index (χ3v) is 7.99. The Morgan fingerprint density at radius 1 is 0.971 bits per heavy atom. The first-order chi connectivity index (χ1) is 15.9. The Labute approximate surface area is 201 Å². The molecule has 6 heteroatoms. The van der Waals surface area contributed by atoms with Gasteiger partial charge in [-0.15, -0.1) is 0 Å². The predicted octanol–water partition coefficient (Wildman–Crippen LogP) is 4.78. The molecule has 4 rings (SSSR count). The second-order valence-corrected chi connectivity index (χ2v) is 11.2. The third kappa shape index (κ3) is 4.38. The minimum Gasteiger partial charge on any atom is -0.384 e. The van der Waals surface area contributed by atoms with Gasteiger partial charge in [-0.3, -0.25) is 9.69 Å². The first-order valence-electron chi connectivity index (χ1n) is 12.2. The lowest BCUT2D eigenvalue weighted by atomic mass is 9.70. The van der Waals surface area contributed by atoms with Crippen molar-refractivity contribution in [1.29, 1.82) is 0 Å². The third-order valence-electron chi connectivity index (χ3n) is 7.99. The molecule has 4 nitrogen and oxygen atoms in total. The van der Waals surface area contributed by atoms with Crippen LogP contribution in [0.4, 0.5) is 8.78 Å². The number of hydrogen-bond donors (Lipinski definition) is 1. The molecular weight excluding hydrogens is 434 g/mol. The second-order valence-electron chi connectivity index (χ2n) is 11.2. The van der Waals surface area contributed by atoms with Crippen molar-refractivity contribution in [3.8, 4) is 0 Å². The lowest BCUT2D eigenvalue weighted by Gasteiger charge is -2.48. The van der Waals surface area contributed by atoms with Crippen LogP contribution in [0.15, 0.2) is 48.5 Å². The normalized spacial score (nSPS) is 30.5. The summed E-state index contributed by atoms with van der Waals surface area (Å²) in [6.07, 6.45) is 0. The Kier molecular flexibility index (Phi) is 6.60. The van der Waals surface area contributed by atoms with Gasteiger partial charge in [-0.05, 0) is 38.0 Å². The van der Waals surface area contributed by atoms with Crippen molar-refractivity contribution in [2.24, 2.45) is 17.8 Å². The molecule has 2 aliphatic rings. The van der Waals surface area contributed by atoms with E-state index in [2.05, 4.69) is 25.7 Å². The summed E-state index contributed by atoms with van der Waals surface area (Å²) in [6.45, 7) is 12.1. The van der Waals surface area contributed by atoms with Crippen molar-refractivity contribution in [3.05, 3.63) is 71.3 Å². The molecule has 0 radical (unpaired) electrons. The molecule has 2 aliphatic heterocycles. The Bertz CT molecular complexity index is 1020. The van der Waals surface area contributed by atoms with Crippen LogP contribution >= 0.6 is 0 Å². The van der Waals surface area contributed by atoms with Crippen molar-refractivity contribution >= 4 is 5.91 Å². The van der Waals surface area contributed by atoms with Crippen LogP contribution in [0, 0.1) is 29.4 Å². The Balaban J connectivity index is 1.61. The molecule has 2 aromatic carbocycles. The van der Waals surface area contributed by atoms with Crippen molar-refractivity contribution in [3.63, 3.8) is 0 Å². The molecule has 184 valence electrons. The molecule has 2 fully saturated rings. The van der Waals surface area contributed by atoms with Crippen molar-refractivity contribution < 1.29 is 18.7 Å². The highest BCUT2D eigenvalue weighted by Gasteiger charge is 2.50. The molecular formula is C28H36F2N2O2. The van der Waals surface area contributed by atoms with E-state index in [1.54, 1.807) is 0 Å². The van der Waals surface area contributed by atoms with E-state index in [1.807, 2.05) is 49.1 Å². The maximum atomic E-state index is 14.8. The summed E-state index contributed by atoms with van der Waals surface area (Å²) >= 11 is 0. The standard InChI is InChI=1S/C28H36F2N2O2/c1-18-14-31(15-19(2)28(18,34)20-9-7-6-8-10-20)26(33)24-17-32(27(3,4)5)16-23(24)22-12-11-21(29)13-25(22)30/h6-13,18-19,23-24,34H,14-17H2,1-5H3/t18-,19+,23-,24-,28+/m0/s1. The zero-order valence-electron chi connectivity index (χ0n) is 20.8. The molecule has 0 saturated carbocycles. The Morgan fingerprint density at radius 2 is 1.59 bits per heavy atom. The van der Waals surface area contributed by atoms with E-state index in [1.165, 1.54) is 12.1 Å². The van der Waals surface area contributed by atoms with Gasteiger partial charge in [0, 0.05) is 55.5 Å². The van der Waals surface area contributed by atoms with E-state index in [0.29, 0.717) is 31.7 Å². The quantitative estimate of drug-likeness (QED) is 0.702. The molecule has 34 heavy (non-hydrogen) atoms. The smallest absolute Gasteiger partial charge is 0.227 e. The minimum absolute atomic E-state index is 0.0192. The number of carbonyl (C=O) groups excluding carboxylic acids is 1. The summed E-state index contributed by atoms with van der Waals surface area (Å²) in [5.41, 5.74) is 0.0616. The first kappa shape index (κ1) is 24.8. The molecule has 0 aromatic heterocycles. The highest BCUT2D eigenvalue weighted by Crippen LogP contribution is 2.43. The number of benzene rings is 2. The van der Waals surface area contributed by atoms with Gasteiger partial charge in [0.1, 0.15) is 11.6 Å². The predicted molar refractivity (Wildman–Crippen MR) is 129 cm³/mol. The fourth-order valence-corrected chi connectivity index (χ4v) is 5.91. The number of amides is 1. The lowest BCUT2D eigenvalue weighted by Crippen LogP contribution is -2.57. The number of carbonyl (C=O) groups is 1. The maximum Gasteiger partial charge on any atom is 0.227 e. The average molecular weight is 471 g/mol. The number of aliphatic hydroxyl groups is 1. The van der Waals surface area contributed by atoms with Crippen molar-refractivity contribution in [2.75, 3.05) is 26.2 Å². The average Bonchev–Trinajstić information content (AvgIpc) is 3.23. The van der Waals surface area contributed by atoms with E-state index in [0.717, 1.165) is 11.6 Å². The molecule has 5 atom stereocenters. The van der Waals surface area contributed by atoms with Gasteiger partial charge in [-0.2, -0.15) is 0 Å². The second kappa shape index (κ2) is 9.04. The first-order valence-corrected chi connectivity index (χ1v) is 12.2. The highest BCUT2D eigenvalue weighted by atomic mass is 19.1. The van der Waals surface area contributed by atoms with Crippen LogP contribution in [0.2, 0.25) is 0 Å². The van der Waals surface area contributed by atoms with E-state index in [9.17, 15) is 18.7 Å². The van der Waals surface area contributed by atoms with Crippen LogP contribution in [0.3, 0.4) is 0 Å². The molecule has 1 amide bonds. The molecule has 0 aliphatic carbocycles. The minimum atomic E-state index is -1.02. The van der Waals surface area contributed by atoms with Crippen LogP contribution in [0.25, 0.3) is 0 Å². The highest BCUT2D eigenvalue weighted by molar-refractivity contribution is 5.81. The number of nitrogens with zero attached hydrogens (tertiary/aromatic N) is 2. The summed E-state index contributed by atoms with van der Waals surface area (Å²) in [5, 5.41) is 11.7. The number of piperidine rings is 1. The van der Waals surface area contributed by atoms with E-state index in [4.69, 9.17) is 0 Å². The number of hydrogen-bond acceptors (Lipinski definition) is 3. The van der Waals surface area contributed by atoms with Crippen molar-refractivity contribution in [1.82, 2.24) is 9.80 Å². The van der Waals surface area contributed by atoms with Gasteiger partial charge in [0.2, 0.25) is 5.91 Å². The molecule has 0 spiro atoms. The van der Waals surface area contributed by atoms with Gasteiger partial charge in [0.15, 0.2) is 0 Å². The summed E-state index contributed by atoms with van der Waals surface area (Å²) in [5.74, 6) is -2.35. The van der Waals surface area contributed by atoms with Gasteiger partial charge in [-0.1, -0.05) is 50.2 Å². The SMILES string of the molecule is C[C@@H]1CN(C(=O)[C@H]2CN(C(C)(C)C)C[C@H]2c2ccc(F)cc2F)C[C@H](C)[C@]1(O)c1ccccc1. The Hall–Kier alpha value is -2.31. The molecule has 2 aromatic rings. The maximum absolute atomic E-state index is 14.8. The fraction of sp³-hybridized carbons (Fsp3) is 0.536. The fourth-order valence-electron chi connectivity index (χ4n) is 5.91. The van der Waals surface area contributed by atoms with E-state index < -0.39 is 23.2 Å². The summed E-state index contributed by atoms with van der Waals surface area (Å²) in [4.78, 5) is 17.9. The lowest BCUT2D eigenvalue weighted by molar-refractivity contribution is -0.152. The molecule has 0 bridgehead atoms. The van der Waals surface area contributed by atoms with Gasteiger partial charge >= 0.3 is 0 Å². The monoisotopic (exact) mass is 470 g/mol. The number of halogens is 2. The summed E-state index contributed by atoms with van der Waals surface area (Å²) in [6, 6.07) is 13.3. The number of likely N-dealkylation sites (tertiary alicyclic amines) is 2. The van der Waals surface area contributed by atoms with Gasteiger partial charge in [0.05, 0.1) is 11.5 Å². The van der Waals surface area contributed by atoms with Crippen LogP contribution in [-0.4, -0.2) is 52.5 Å². The largest absolute Gasteiger partial charge is 0.384 e. The molecule has 0 unspecified atom stereocenters. The molecule has 2 heterocycles. The molecule has 1 N–H and O–H groups in total. The van der Waals surface area contributed by atoms with Gasteiger partial charge in [-0.25, -0.2) is 8.78 Å². The van der Waals surface area contributed by atoms with Crippen LogP contribution in [0.5, 0.6) is 0 Å². The summed E-state index contributed by atoms with van der Waals surface area (Å²) < 4.78 is 28.4. The van der Waals surface area contributed by atoms with E-state index >= 15 is 0 Å². The van der Waals surface area contributed by atoms with Crippen LogP contribution in [0.1, 0.15) is 51.7 Å². The van der Waals surface area contributed by atoms with Crippen LogP contribution < -0.4 is 0 Å². The molecule has 2 saturated heterocycles. The number of rotatable bonds is 3.